The van der Waals surface area contributed by atoms with E-state index in [9.17, 15) is 0 Å². The summed E-state index contributed by atoms with van der Waals surface area (Å²) < 4.78 is 0. The van der Waals surface area contributed by atoms with Crippen molar-refractivity contribution < 1.29 is 0 Å². The predicted molar refractivity (Wildman–Crippen MR) is 89.0 cm³/mol. The Kier molecular flexibility index (Phi) is 6.01. The Morgan fingerprint density at radius 1 is 1.40 bits per heavy atom. The molecule has 0 amide bonds. The Balaban J connectivity index is 1.97. The van der Waals surface area contributed by atoms with Crippen molar-refractivity contribution in [2.24, 2.45) is 5.92 Å². The van der Waals surface area contributed by atoms with E-state index in [1.165, 1.54) is 38.9 Å². The summed E-state index contributed by atoms with van der Waals surface area (Å²) in [5.41, 5.74) is 0.944. The lowest BCUT2D eigenvalue weighted by atomic mass is 9.91. The Morgan fingerprint density at radius 3 is 2.95 bits per heavy atom. The third-order valence-electron chi connectivity index (χ3n) is 4.12. The van der Waals surface area contributed by atoms with Crippen LogP contribution in [0, 0.1) is 5.92 Å². The summed E-state index contributed by atoms with van der Waals surface area (Å²) in [5, 5.41) is 4.78. The number of anilines is 1. The van der Waals surface area contributed by atoms with E-state index in [2.05, 4.69) is 24.1 Å². The van der Waals surface area contributed by atoms with Crippen LogP contribution in [0.15, 0.2) is 18.2 Å². The van der Waals surface area contributed by atoms with Gasteiger partial charge in [0.25, 0.3) is 0 Å². The van der Waals surface area contributed by atoms with Crippen LogP contribution in [-0.2, 0) is 0 Å². The molecular weight excluding hydrogens is 291 g/mol. The summed E-state index contributed by atoms with van der Waals surface area (Å²) in [6.07, 6.45) is 3.81. The lowest BCUT2D eigenvalue weighted by molar-refractivity contribution is 0.165. The normalized spacial score (nSPS) is 21.7. The third-order valence-corrected chi connectivity index (χ3v) is 4.94. The van der Waals surface area contributed by atoms with Gasteiger partial charge in [0.05, 0.1) is 15.7 Å². The molecule has 20 heavy (non-hydrogen) atoms. The second-order valence-corrected chi connectivity index (χ2v) is 6.52. The van der Waals surface area contributed by atoms with E-state index in [-0.39, 0.29) is 0 Å². The molecular formula is C16H24Cl2N2. The second-order valence-electron chi connectivity index (χ2n) is 5.74. The van der Waals surface area contributed by atoms with Gasteiger partial charge in [-0.25, -0.2) is 0 Å². The molecule has 1 heterocycles. The molecule has 0 aliphatic carbocycles. The molecule has 2 rings (SSSR count). The Hall–Kier alpha value is -0.440. The highest BCUT2D eigenvalue weighted by Gasteiger charge is 2.24. The van der Waals surface area contributed by atoms with Crippen LogP contribution in [0.1, 0.15) is 33.1 Å². The molecule has 1 N–H and O–H groups in total. The van der Waals surface area contributed by atoms with E-state index in [1.807, 2.05) is 18.2 Å². The lowest BCUT2D eigenvalue weighted by Crippen LogP contribution is -2.42. The van der Waals surface area contributed by atoms with Crippen molar-refractivity contribution in [3.8, 4) is 0 Å². The molecule has 0 radical (unpaired) electrons. The Morgan fingerprint density at radius 2 is 2.20 bits per heavy atom. The van der Waals surface area contributed by atoms with Gasteiger partial charge in [-0.1, -0.05) is 36.2 Å². The van der Waals surface area contributed by atoms with E-state index in [1.54, 1.807) is 0 Å². The summed E-state index contributed by atoms with van der Waals surface area (Å²) in [4.78, 5) is 2.58. The number of piperidine rings is 1. The van der Waals surface area contributed by atoms with Gasteiger partial charge in [0.15, 0.2) is 0 Å². The first-order valence-electron chi connectivity index (χ1n) is 7.54. The first kappa shape index (κ1) is 15.9. The molecule has 1 saturated heterocycles. The largest absolute Gasteiger partial charge is 0.381 e. The van der Waals surface area contributed by atoms with Gasteiger partial charge in [-0.3, -0.25) is 0 Å². The molecule has 1 aromatic carbocycles. The predicted octanol–water partition coefficient (Wildman–Crippen LogP) is 4.92. The van der Waals surface area contributed by atoms with E-state index in [0.717, 1.165) is 5.69 Å². The smallest absolute Gasteiger partial charge is 0.0823 e. The quantitative estimate of drug-likeness (QED) is 0.830. The second kappa shape index (κ2) is 7.53. The molecule has 1 aliphatic heterocycles. The first-order chi connectivity index (χ1) is 9.61. The van der Waals surface area contributed by atoms with Crippen molar-refractivity contribution in [3.05, 3.63) is 28.2 Å². The minimum Gasteiger partial charge on any atom is -0.381 e. The van der Waals surface area contributed by atoms with Gasteiger partial charge in [-0.05, 0) is 57.3 Å². The fourth-order valence-electron chi connectivity index (χ4n) is 3.00. The molecule has 2 nitrogen and oxygen atoms in total. The van der Waals surface area contributed by atoms with Crippen LogP contribution in [-0.4, -0.2) is 30.6 Å². The number of likely N-dealkylation sites (tertiary alicyclic amines) is 1. The van der Waals surface area contributed by atoms with Gasteiger partial charge in [-0.15, -0.1) is 0 Å². The van der Waals surface area contributed by atoms with Crippen molar-refractivity contribution in [1.29, 1.82) is 0 Å². The maximum Gasteiger partial charge on any atom is 0.0823 e. The molecule has 1 aliphatic rings. The van der Waals surface area contributed by atoms with Gasteiger partial charge < -0.3 is 10.2 Å². The van der Waals surface area contributed by atoms with Crippen LogP contribution < -0.4 is 5.32 Å². The van der Waals surface area contributed by atoms with Gasteiger partial charge >= 0.3 is 0 Å². The van der Waals surface area contributed by atoms with Crippen molar-refractivity contribution in [3.63, 3.8) is 0 Å². The molecule has 0 bridgehead atoms. The lowest BCUT2D eigenvalue weighted by Gasteiger charge is -2.36. The highest BCUT2D eigenvalue weighted by Crippen LogP contribution is 2.31. The maximum absolute atomic E-state index is 6.25. The molecule has 112 valence electrons. The van der Waals surface area contributed by atoms with Crippen LogP contribution in [0.4, 0.5) is 5.69 Å². The molecule has 0 spiro atoms. The molecule has 2 atom stereocenters. The fourth-order valence-corrected chi connectivity index (χ4v) is 3.35. The Labute approximate surface area is 132 Å². The maximum atomic E-state index is 6.25. The van der Waals surface area contributed by atoms with Crippen LogP contribution in [0.3, 0.4) is 0 Å². The highest BCUT2D eigenvalue weighted by atomic mass is 35.5. The number of hydrogen-bond acceptors (Lipinski definition) is 2. The van der Waals surface area contributed by atoms with Crippen molar-refractivity contribution in [2.45, 2.75) is 39.2 Å². The molecule has 1 fully saturated rings. The van der Waals surface area contributed by atoms with E-state index < -0.39 is 0 Å². The average molecular weight is 315 g/mol. The summed E-state index contributed by atoms with van der Waals surface area (Å²) in [5.74, 6) is 0.672. The van der Waals surface area contributed by atoms with Crippen LogP contribution in [0.5, 0.6) is 0 Å². The third kappa shape index (κ3) is 4.03. The molecule has 4 heteroatoms. The van der Waals surface area contributed by atoms with Crippen LogP contribution >= 0.6 is 23.2 Å². The zero-order valence-corrected chi connectivity index (χ0v) is 13.8. The number of benzene rings is 1. The van der Waals surface area contributed by atoms with Gasteiger partial charge in [-0.2, -0.15) is 0 Å². The topological polar surface area (TPSA) is 15.3 Å². The van der Waals surface area contributed by atoms with Crippen molar-refractivity contribution in [1.82, 2.24) is 4.90 Å². The van der Waals surface area contributed by atoms with Crippen molar-refractivity contribution >= 4 is 28.9 Å². The first-order valence-corrected chi connectivity index (χ1v) is 8.30. The highest BCUT2D eigenvalue weighted by molar-refractivity contribution is 6.43. The van der Waals surface area contributed by atoms with E-state index >= 15 is 0 Å². The summed E-state index contributed by atoms with van der Waals surface area (Å²) in [6, 6.07) is 6.17. The van der Waals surface area contributed by atoms with Gasteiger partial charge in [0, 0.05) is 12.6 Å². The van der Waals surface area contributed by atoms with Gasteiger partial charge in [0.1, 0.15) is 0 Å². The van der Waals surface area contributed by atoms with E-state index in [0.29, 0.717) is 22.0 Å². The van der Waals surface area contributed by atoms with E-state index in [4.69, 9.17) is 23.2 Å². The average Bonchev–Trinajstić information content (AvgIpc) is 2.44. The van der Waals surface area contributed by atoms with Crippen molar-refractivity contribution in [2.75, 3.05) is 25.0 Å². The van der Waals surface area contributed by atoms with Crippen LogP contribution in [0.25, 0.3) is 0 Å². The minimum atomic E-state index is 0.408. The number of rotatable bonds is 5. The number of hydrogen-bond donors (Lipinski definition) is 1. The number of nitrogens with one attached hydrogen (secondary N) is 1. The fraction of sp³-hybridized carbons (Fsp3) is 0.625. The van der Waals surface area contributed by atoms with Gasteiger partial charge in [0.2, 0.25) is 0 Å². The standard InChI is InChI=1S/C16H24Cl2N2/c1-3-9-20-10-5-6-13(11-20)12(2)19-15-8-4-7-14(17)16(15)18/h4,7-8,12-13,19H,3,5-6,9-11H2,1-2H3. The molecule has 1 aromatic rings. The zero-order chi connectivity index (χ0) is 14.5. The zero-order valence-electron chi connectivity index (χ0n) is 12.3. The summed E-state index contributed by atoms with van der Waals surface area (Å²) in [7, 11) is 0. The minimum absolute atomic E-state index is 0.408. The van der Waals surface area contributed by atoms with Crippen LogP contribution in [0.2, 0.25) is 10.0 Å². The number of halogens is 2. The number of nitrogens with zero attached hydrogens (tertiary/aromatic N) is 1. The molecule has 0 aromatic heterocycles. The SMILES string of the molecule is CCCN1CCCC(C(C)Nc2cccc(Cl)c2Cl)C1. The summed E-state index contributed by atoms with van der Waals surface area (Å²) in [6.45, 7) is 8.13. The molecule has 2 unspecified atom stereocenters. The summed E-state index contributed by atoms with van der Waals surface area (Å²) >= 11 is 12.3. The molecule has 0 saturated carbocycles. The monoisotopic (exact) mass is 314 g/mol. The Bertz CT molecular complexity index is 434.